The van der Waals surface area contributed by atoms with Crippen LogP contribution in [-0.4, -0.2) is 19.8 Å². The Balaban J connectivity index is 0.00000324. The number of ether oxygens (including phenoxy) is 3. The minimum atomic E-state index is -0.318. The molecule has 0 amide bonds. The number of hydrogen-bond donors (Lipinski definition) is 1. The normalized spacial score (nSPS) is 15.7. The molecule has 4 nitrogen and oxygen atoms in total. The summed E-state index contributed by atoms with van der Waals surface area (Å²) in [6.07, 6.45) is 0. The van der Waals surface area contributed by atoms with Crippen molar-refractivity contribution in [3.63, 3.8) is 0 Å². The molecule has 1 heterocycles. The van der Waals surface area contributed by atoms with Gasteiger partial charge in [0.05, 0.1) is 20.1 Å². The number of anilines is 1. The zero-order valence-electron chi connectivity index (χ0n) is 21.5. The van der Waals surface area contributed by atoms with Gasteiger partial charge in [-0.15, -0.1) is 12.4 Å². The van der Waals surface area contributed by atoms with Crippen LogP contribution in [0.1, 0.15) is 58.7 Å². The Kier molecular flexibility index (Phi) is 7.42. The summed E-state index contributed by atoms with van der Waals surface area (Å²) in [5.74, 6) is 2.69. The molecule has 3 aromatic carbocycles. The van der Waals surface area contributed by atoms with Gasteiger partial charge in [-0.05, 0) is 81.5 Å². The predicted molar refractivity (Wildman–Crippen MR) is 143 cm³/mol. The summed E-state index contributed by atoms with van der Waals surface area (Å²) in [5.41, 5.74) is 9.54. The molecule has 0 saturated heterocycles. The summed E-state index contributed by atoms with van der Waals surface area (Å²) in [7, 11) is 3.32. The van der Waals surface area contributed by atoms with Gasteiger partial charge in [0.2, 0.25) is 0 Å². The summed E-state index contributed by atoms with van der Waals surface area (Å²) in [6, 6.07) is 14.9. The molecule has 4 rings (SSSR count). The Morgan fingerprint density at radius 2 is 1.50 bits per heavy atom. The van der Waals surface area contributed by atoms with E-state index in [0.29, 0.717) is 6.54 Å². The van der Waals surface area contributed by atoms with Gasteiger partial charge in [0.1, 0.15) is 11.4 Å². The Bertz CT molecular complexity index is 1190. The molecule has 0 bridgehead atoms. The van der Waals surface area contributed by atoms with E-state index in [9.17, 15) is 0 Å². The Hall–Kier alpha value is -2.85. The lowest BCUT2D eigenvalue weighted by molar-refractivity contribution is 0.121. The highest BCUT2D eigenvalue weighted by atomic mass is 35.5. The largest absolute Gasteiger partial charge is 0.493 e. The third-order valence-electron chi connectivity index (χ3n) is 6.98. The zero-order chi connectivity index (χ0) is 23.9. The van der Waals surface area contributed by atoms with Crippen LogP contribution in [0.2, 0.25) is 0 Å². The fourth-order valence-corrected chi connectivity index (χ4v) is 5.07. The van der Waals surface area contributed by atoms with E-state index >= 15 is 0 Å². The highest BCUT2D eigenvalue weighted by Crippen LogP contribution is 2.53. The summed E-state index contributed by atoms with van der Waals surface area (Å²) < 4.78 is 17.5. The Morgan fingerprint density at radius 1 is 0.853 bits per heavy atom. The molecular weight excluding hydrogens is 446 g/mol. The lowest BCUT2D eigenvalue weighted by atomic mass is 9.78. The number of nitrogens with one attached hydrogen (secondary N) is 1. The van der Waals surface area contributed by atoms with Crippen molar-refractivity contribution in [2.45, 2.75) is 59.6 Å². The molecule has 1 N–H and O–H groups in total. The molecule has 0 saturated carbocycles. The average Bonchev–Trinajstić information content (AvgIpc) is 3.09. The van der Waals surface area contributed by atoms with Crippen LogP contribution in [0.3, 0.4) is 0 Å². The van der Waals surface area contributed by atoms with Crippen LogP contribution in [0.15, 0.2) is 42.5 Å². The van der Waals surface area contributed by atoms with E-state index in [0.717, 1.165) is 22.8 Å². The quantitative estimate of drug-likeness (QED) is 0.401. The summed E-state index contributed by atoms with van der Waals surface area (Å²) in [6.45, 7) is 13.8. The smallest absolute Gasteiger partial charge is 0.161 e. The highest BCUT2D eigenvalue weighted by molar-refractivity contribution is 5.85. The van der Waals surface area contributed by atoms with E-state index in [1.165, 1.54) is 39.1 Å². The molecule has 1 atom stereocenters. The van der Waals surface area contributed by atoms with Crippen molar-refractivity contribution in [1.29, 1.82) is 0 Å². The molecule has 0 spiro atoms. The SMILES string of the molecule is COc1ccc(CNc2c(C)c(C)c3c(c2C)C(c2ccc(C)cc2)C(C)(C)O3)cc1OC.Cl. The number of halogens is 1. The van der Waals surface area contributed by atoms with Crippen molar-refractivity contribution in [1.82, 2.24) is 0 Å². The lowest BCUT2D eigenvalue weighted by Gasteiger charge is -2.27. The fraction of sp³-hybridized carbons (Fsp3) is 0.379. The van der Waals surface area contributed by atoms with Gasteiger partial charge >= 0.3 is 0 Å². The molecule has 0 fully saturated rings. The van der Waals surface area contributed by atoms with Gasteiger partial charge in [-0.2, -0.15) is 0 Å². The van der Waals surface area contributed by atoms with Gasteiger partial charge in [0, 0.05) is 17.8 Å². The molecular formula is C29H36ClNO3. The van der Waals surface area contributed by atoms with Gasteiger partial charge in [-0.25, -0.2) is 0 Å². The maximum Gasteiger partial charge on any atom is 0.161 e. The third-order valence-corrected chi connectivity index (χ3v) is 6.98. The lowest BCUT2D eigenvalue weighted by Crippen LogP contribution is -2.31. The molecule has 1 aliphatic heterocycles. The zero-order valence-corrected chi connectivity index (χ0v) is 22.3. The van der Waals surface area contributed by atoms with Crippen LogP contribution in [0.25, 0.3) is 0 Å². The average molecular weight is 482 g/mol. The Labute approximate surface area is 210 Å². The van der Waals surface area contributed by atoms with E-state index in [2.05, 4.69) is 77.2 Å². The molecule has 0 aromatic heterocycles. The van der Waals surface area contributed by atoms with Crippen LogP contribution >= 0.6 is 12.4 Å². The predicted octanol–water partition coefficient (Wildman–Crippen LogP) is 7.27. The molecule has 0 radical (unpaired) electrons. The number of methoxy groups -OCH3 is 2. The topological polar surface area (TPSA) is 39.7 Å². The van der Waals surface area contributed by atoms with Crippen LogP contribution in [0.4, 0.5) is 5.69 Å². The first-order valence-corrected chi connectivity index (χ1v) is 11.5. The first-order valence-electron chi connectivity index (χ1n) is 11.5. The number of rotatable bonds is 6. The number of hydrogen-bond acceptors (Lipinski definition) is 4. The summed E-state index contributed by atoms with van der Waals surface area (Å²) >= 11 is 0. The molecule has 5 heteroatoms. The maximum atomic E-state index is 6.60. The summed E-state index contributed by atoms with van der Waals surface area (Å²) in [5, 5.41) is 3.71. The van der Waals surface area contributed by atoms with Gasteiger partial charge < -0.3 is 19.5 Å². The minimum absolute atomic E-state index is 0. The van der Waals surface area contributed by atoms with Gasteiger partial charge in [-0.1, -0.05) is 35.9 Å². The molecule has 182 valence electrons. The molecule has 3 aromatic rings. The first-order chi connectivity index (χ1) is 15.7. The fourth-order valence-electron chi connectivity index (χ4n) is 5.07. The van der Waals surface area contributed by atoms with E-state index in [4.69, 9.17) is 14.2 Å². The van der Waals surface area contributed by atoms with Crippen molar-refractivity contribution in [2.24, 2.45) is 0 Å². The van der Waals surface area contributed by atoms with Crippen molar-refractivity contribution in [3.8, 4) is 17.2 Å². The monoisotopic (exact) mass is 481 g/mol. The van der Waals surface area contributed by atoms with E-state index in [1.807, 2.05) is 12.1 Å². The van der Waals surface area contributed by atoms with E-state index in [1.54, 1.807) is 14.2 Å². The van der Waals surface area contributed by atoms with Gasteiger partial charge in [-0.3, -0.25) is 0 Å². The number of aryl methyl sites for hydroxylation is 1. The number of fused-ring (bicyclic) bond motifs is 1. The standard InChI is InChI=1S/C29H35NO3.ClH/c1-17-9-12-22(13-10-17)26-25-20(4)27(18(2)19(3)28(25)33-29(26,5)6)30-16-21-11-14-23(31-7)24(15-21)32-8;/h9-15,26,30H,16H2,1-8H3;1H. The second kappa shape index (κ2) is 9.79. The minimum Gasteiger partial charge on any atom is -0.493 e. The second-order valence-electron chi connectivity index (χ2n) is 9.58. The van der Waals surface area contributed by atoms with E-state index < -0.39 is 0 Å². The Morgan fingerprint density at radius 3 is 2.12 bits per heavy atom. The molecule has 1 unspecified atom stereocenters. The highest BCUT2D eigenvalue weighted by Gasteiger charge is 2.44. The van der Waals surface area contributed by atoms with E-state index in [-0.39, 0.29) is 23.9 Å². The van der Waals surface area contributed by atoms with Crippen LogP contribution in [-0.2, 0) is 6.54 Å². The second-order valence-corrected chi connectivity index (χ2v) is 9.58. The summed E-state index contributed by atoms with van der Waals surface area (Å²) in [4.78, 5) is 0. The van der Waals surface area contributed by atoms with Crippen molar-refractivity contribution in [3.05, 3.63) is 81.4 Å². The first kappa shape index (κ1) is 25.8. The number of benzene rings is 3. The molecule has 0 aliphatic carbocycles. The van der Waals surface area contributed by atoms with Crippen LogP contribution in [0.5, 0.6) is 17.2 Å². The van der Waals surface area contributed by atoms with Crippen LogP contribution in [0, 0.1) is 27.7 Å². The van der Waals surface area contributed by atoms with Crippen molar-refractivity contribution < 1.29 is 14.2 Å². The third kappa shape index (κ3) is 4.44. The van der Waals surface area contributed by atoms with Gasteiger partial charge in [0.25, 0.3) is 0 Å². The van der Waals surface area contributed by atoms with Crippen LogP contribution < -0.4 is 19.5 Å². The van der Waals surface area contributed by atoms with Crippen molar-refractivity contribution >= 4 is 18.1 Å². The van der Waals surface area contributed by atoms with Crippen molar-refractivity contribution in [2.75, 3.05) is 19.5 Å². The molecule has 1 aliphatic rings. The maximum absolute atomic E-state index is 6.60. The molecule has 34 heavy (non-hydrogen) atoms. The van der Waals surface area contributed by atoms with Gasteiger partial charge in [0.15, 0.2) is 11.5 Å².